The maximum Gasteiger partial charge on any atom is 0.344 e. The molecule has 1 saturated heterocycles. The Labute approximate surface area is 119 Å². The molecule has 1 N–H and O–H groups in total. The zero-order chi connectivity index (χ0) is 15.0. The third-order valence-corrected chi connectivity index (χ3v) is 4.01. The summed E-state index contributed by atoms with van der Waals surface area (Å²) in [5.74, 6) is -0.395. The minimum atomic E-state index is -1.15. The average molecular weight is 278 g/mol. The highest BCUT2D eigenvalue weighted by atomic mass is 16.6. The quantitative estimate of drug-likeness (QED) is 0.858. The van der Waals surface area contributed by atoms with Crippen LogP contribution in [0.5, 0.6) is 0 Å². The van der Waals surface area contributed by atoms with Crippen molar-refractivity contribution in [1.29, 1.82) is 0 Å². The van der Waals surface area contributed by atoms with Crippen molar-refractivity contribution < 1.29 is 19.4 Å². The number of ether oxygens (including phenoxy) is 2. The van der Waals surface area contributed by atoms with Crippen LogP contribution in [-0.4, -0.2) is 29.9 Å². The summed E-state index contributed by atoms with van der Waals surface area (Å²) in [5, 5.41) is 9.39. The predicted octanol–water partition coefficient (Wildman–Crippen LogP) is 2.25. The van der Waals surface area contributed by atoms with Crippen LogP contribution in [0.4, 0.5) is 0 Å². The molecule has 0 spiro atoms. The molecule has 1 aliphatic heterocycles. The summed E-state index contributed by atoms with van der Waals surface area (Å²) in [6.07, 6.45) is -0.585. The second-order valence-corrected chi connectivity index (χ2v) is 6.01. The molecule has 0 bridgehead atoms. The monoisotopic (exact) mass is 278 g/mol. The van der Waals surface area contributed by atoms with E-state index in [4.69, 9.17) is 9.47 Å². The normalized spacial score (nSPS) is 28.0. The molecule has 2 rings (SSSR count). The summed E-state index contributed by atoms with van der Waals surface area (Å²) < 4.78 is 11.2. The highest BCUT2D eigenvalue weighted by molar-refractivity contribution is 5.84. The molecule has 1 heterocycles. The van der Waals surface area contributed by atoms with Gasteiger partial charge < -0.3 is 14.6 Å². The van der Waals surface area contributed by atoms with Crippen LogP contribution < -0.4 is 0 Å². The maximum atomic E-state index is 12.6. The van der Waals surface area contributed by atoms with Crippen LogP contribution in [0.1, 0.15) is 33.3 Å². The van der Waals surface area contributed by atoms with Gasteiger partial charge in [0.25, 0.3) is 0 Å². The van der Waals surface area contributed by atoms with Gasteiger partial charge in [-0.25, -0.2) is 4.79 Å². The van der Waals surface area contributed by atoms with Crippen molar-refractivity contribution in [1.82, 2.24) is 0 Å². The lowest BCUT2D eigenvalue weighted by molar-refractivity contribution is -0.318. The Balaban J connectivity index is 2.44. The molecule has 4 heteroatoms. The molecule has 0 aromatic heterocycles. The zero-order valence-electron chi connectivity index (χ0n) is 12.4. The fourth-order valence-corrected chi connectivity index (χ4v) is 2.79. The van der Waals surface area contributed by atoms with Gasteiger partial charge in [0.15, 0.2) is 5.60 Å². The summed E-state index contributed by atoms with van der Waals surface area (Å²) >= 11 is 0. The standard InChI is InChI=1S/C16H22O4/c1-11(2)19-14(18)16(12-8-6-5-7-9-12)15(3,4)13(10-17)20-16/h5-9,11,13,17H,10H2,1-4H3/t13-,16-/m0/s1. The minimum absolute atomic E-state index is 0.115. The molecule has 0 unspecified atom stereocenters. The summed E-state index contributed by atoms with van der Waals surface area (Å²) in [5.41, 5.74) is -0.915. The van der Waals surface area contributed by atoms with Crippen LogP contribution in [0.3, 0.4) is 0 Å². The summed E-state index contributed by atoms with van der Waals surface area (Å²) in [6.45, 7) is 7.35. The van der Waals surface area contributed by atoms with Crippen LogP contribution in [0.2, 0.25) is 0 Å². The molecule has 20 heavy (non-hydrogen) atoms. The van der Waals surface area contributed by atoms with Gasteiger partial charge in [-0.15, -0.1) is 0 Å². The highest BCUT2D eigenvalue weighted by Crippen LogP contribution is 2.56. The van der Waals surface area contributed by atoms with Crippen LogP contribution >= 0.6 is 0 Å². The Morgan fingerprint density at radius 3 is 2.40 bits per heavy atom. The fraction of sp³-hybridized carbons (Fsp3) is 0.562. The summed E-state index contributed by atoms with van der Waals surface area (Å²) in [7, 11) is 0. The van der Waals surface area contributed by atoms with Gasteiger partial charge in [0, 0.05) is 5.41 Å². The van der Waals surface area contributed by atoms with Gasteiger partial charge in [-0.3, -0.25) is 0 Å². The van der Waals surface area contributed by atoms with Crippen molar-refractivity contribution in [2.24, 2.45) is 5.41 Å². The lowest BCUT2D eigenvalue weighted by Gasteiger charge is -2.58. The molecular weight excluding hydrogens is 256 g/mol. The Bertz CT molecular complexity index is 481. The van der Waals surface area contributed by atoms with E-state index in [1.807, 2.05) is 58.0 Å². The molecule has 1 aromatic carbocycles. The molecule has 0 radical (unpaired) electrons. The van der Waals surface area contributed by atoms with E-state index < -0.39 is 17.0 Å². The second-order valence-electron chi connectivity index (χ2n) is 6.01. The number of aliphatic hydroxyl groups excluding tert-OH is 1. The Hall–Kier alpha value is -1.39. The first kappa shape index (κ1) is 15.0. The van der Waals surface area contributed by atoms with E-state index in [-0.39, 0.29) is 18.8 Å². The fourth-order valence-electron chi connectivity index (χ4n) is 2.79. The Morgan fingerprint density at radius 2 is 1.95 bits per heavy atom. The van der Waals surface area contributed by atoms with Crippen LogP contribution in [0, 0.1) is 5.41 Å². The first-order valence-electron chi connectivity index (χ1n) is 6.91. The zero-order valence-corrected chi connectivity index (χ0v) is 12.4. The lowest BCUT2D eigenvalue weighted by Crippen LogP contribution is -2.69. The number of esters is 1. The Kier molecular flexibility index (Phi) is 3.89. The number of carbonyl (C=O) groups is 1. The predicted molar refractivity (Wildman–Crippen MR) is 75.1 cm³/mol. The van der Waals surface area contributed by atoms with Gasteiger partial charge in [-0.05, 0) is 19.4 Å². The van der Waals surface area contributed by atoms with E-state index in [1.54, 1.807) is 0 Å². The average Bonchev–Trinajstić information content (AvgIpc) is 2.38. The molecule has 1 fully saturated rings. The van der Waals surface area contributed by atoms with Gasteiger partial charge in [0.05, 0.1) is 18.8 Å². The summed E-state index contributed by atoms with van der Waals surface area (Å²) in [4.78, 5) is 12.6. The van der Waals surface area contributed by atoms with Crippen molar-refractivity contribution in [2.75, 3.05) is 6.61 Å². The number of hydrogen-bond acceptors (Lipinski definition) is 4. The molecule has 0 saturated carbocycles. The maximum absolute atomic E-state index is 12.6. The Morgan fingerprint density at radius 1 is 1.35 bits per heavy atom. The highest BCUT2D eigenvalue weighted by Gasteiger charge is 2.68. The molecule has 1 aliphatic rings. The third kappa shape index (κ3) is 2.03. The van der Waals surface area contributed by atoms with Crippen molar-refractivity contribution in [3.8, 4) is 0 Å². The summed E-state index contributed by atoms with van der Waals surface area (Å²) in [6, 6.07) is 9.34. The van der Waals surface area contributed by atoms with Crippen molar-refractivity contribution in [3.63, 3.8) is 0 Å². The van der Waals surface area contributed by atoms with E-state index >= 15 is 0 Å². The molecular formula is C16H22O4. The molecule has 4 nitrogen and oxygen atoms in total. The van der Waals surface area contributed by atoms with E-state index in [2.05, 4.69) is 0 Å². The largest absolute Gasteiger partial charge is 0.461 e. The van der Waals surface area contributed by atoms with Crippen LogP contribution in [0.25, 0.3) is 0 Å². The number of hydrogen-bond donors (Lipinski definition) is 1. The second kappa shape index (κ2) is 5.19. The number of carbonyl (C=O) groups excluding carboxylic acids is 1. The van der Waals surface area contributed by atoms with Gasteiger partial charge in [-0.1, -0.05) is 44.2 Å². The number of benzene rings is 1. The van der Waals surface area contributed by atoms with Crippen molar-refractivity contribution in [2.45, 2.75) is 45.5 Å². The smallest absolute Gasteiger partial charge is 0.344 e. The number of aliphatic hydroxyl groups is 1. The van der Waals surface area contributed by atoms with E-state index in [9.17, 15) is 9.90 Å². The van der Waals surface area contributed by atoms with Crippen LogP contribution in [-0.2, 0) is 19.9 Å². The van der Waals surface area contributed by atoms with Crippen molar-refractivity contribution in [3.05, 3.63) is 35.9 Å². The SMILES string of the molecule is CC(C)OC(=O)[C@]1(c2ccccc2)O[C@@H](CO)C1(C)C. The molecule has 0 aliphatic carbocycles. The van der Waals surface area contributed by atoms with Crippen molar-refractivity contribution >= 4 is 5.97 Å². The third-order valence-electron chi connectivity index (χ3n) is 4.01. The minimum Gasteiger partial charge on any atom is -0.461 e. The molecule has 2 atom stereocenters. The van der Waals surface area contributed by atoms with Gasteiger partial charge >= 0.3 is 5.97 Å². The van der Waals surface area contributed by atoms with E-state index in [0.29, 0.717) is 0 Å². The van der Waals surface area contributed by atoms with Gasteiger partial charge in [0.1, 0.15) is 0 Å². The van der Waals surface area contributed by atoms with E-state index in [1.165, 1.54) is 0 Å². The first-order valence-corrected chi connectivity index (χ1v) is 6.91. The molecule has 1 aromatic rings. The van der Waals surface area contributed by atoms with Gasteiger partial charge in [0.2, 0.25) is 0 Å². The first-order chi connectivity index (χ1) is 9.36. The lowest BCUT2D eigenvalue weighted by atomic mass is 9.62. The molecule has 110 valence electrons. The van der Waals surface area contributed by atoms with Crippen LogP contribution in [0.15, 0.2) is 30.3 Å². The van der Waals surface area contributed by atoms with Gasteiger partial charge in [-0.2, -0.15) is 0 Å². The topological polar surface area (TPSA) is 55.8 Å². The molecule has 0 amide bonds. The number of rotatable bonds is 4. The van der Waals surface area contributed by atoms with E-state index in [0.717, 1.165) is 5.56 Å².